The molecule has 0 aliphatic heterocycles. The molecule has 1 amide bonds. The van der Waals surface area contributed by atoms with Gasteiger partial charge in [-0.15, -0.1) is 0 Å². The highest BCUT2D eigenvalue weighted by Crippen LogP contribution is 2.08. The molecule has 21 heavy (non-hydrogen) atoms. The molecule has 1 aromatic carbocycles. The van der Waals surface area contributed by atoms with Crippen LogP contribution in [-0.2, 0) is 14.3 Å². The molecule has 1 atom stereocenters. The summed E-state index contributed by atoms with van der Waals surface area (Å²) >= 11 is 0. The first-order valence-corrected chi connectivity index (χ1v) is 6.91. The first-order valence-electron chi connectivity index (χ1n) is 6.91. The molecule has 0 aliphatic rings. The number of carbonyl (C=O) groups is 2. The van der Waals surface area contributed by atoms with Crippen LogP contribution >= 0.6 is 0 Å². The number of nitrogens with two attached hydrogens (primary N) is 1. The van der Waals surface area contributed by atoms with E-state index in [9.17, 15) is 9.59 Å². The molecule has 3 N–H and O–H groups in total. The number of hydrogen-bond acceptors (Lipinski definition) is 4. The van der Waals surface area contributed by atoms with E-state index in [0.29, 0.717) is 5.56 Å². The van der Waals surface area contributed by atoms with Crippen LogP contribution in [0, 0.1) is 0 Å². The van der Waals surface area contributed by atoms with E-state index in [-0.39, 0.29) is 13.2 Å². The van der Waals surface area contributed by atoms with Gasteiger partial charge in [0.15, 0.2) is 0 Å². The smallest absolute Gasteiger partial charge is 0.325 e. The summed E-state index contributed by atoms with van der Waals surface area (Å²) in [5.41, 5.74) is 6.43. The average Bonchev–Trinajstić information content (AvgIpc) is 2.51. The van der Waals surface area contributed by atoms with Crippen LogP contribution in [0.1, 0.15) is 31.9 Å². The third kappa shape index (κ3) is 8.60. The molecule has 5 nitrogen and oxygen atoms in total. The van der Waals surface area contributed by atoms with Gasteiger partial charge in [-0.1, -0.05) is 63.3 Å². The van der Waals surface area contributed by atoms with Gasteiger partial charge in [0.2, 0.25) is 5.91 Å². The van der Waals surface area contributed by atoms with Crippen molar-refractivity contribution in [2.45, 2.75) is 26.3 Å². The minimum atomic E-state index is -0.793. The number of carbonyl (C=O) groups excluding carboxylic acids is 2. The highest BCUT2D eigenvalue weighted by atomic mass is 16.5. The Morgan fingerprint density at radius 2 is 1.90 bits per heavy atom. The van der Waals surface area contributed by atoms with Crippen molar-refractivity contribution >= 4 is 11.9 Å². The zero-order valence-electron chi connectivity index (χ0n) is 12.7. The third-order valence-corrected chi connectivity index (χ3v) is 2.21. The van der Waals surface area contributed by atoms with Gasteiger partial charge in [-0.05, 0) is 5.56 Å². The quantitative estimate of drug-likeness (QED) is 0.620. The standard InChI is InChI=1S/C13H16N2O3.C3H8/c1-2-8-18-11(16)9-15-13(17)12(14)10-6-4-3-5-7-10;1-3-2/h2-7,12H,1,8-9,14H2,(H,15,17);3H2,1-2H3. The van der Waals surface area contributed by atoms with Crippen LogP contribution in [0.15, 0.2) is 43.0 Å². The van der Waals surface area contributed by atoms with Gasteiger partial charge >= 0.3 is 5.97 Å². The SMILES string of the molecule is C=CCOC(=O)CNC(=O)C(N)c1ccccc1.CCC. The van der Waals surface area contributed by atoms with Gasteiger partial charge in [0, 0.05) is 0 Å². The Morgan fingerprint density at radius 3 is 2.43 bits per heavy atom. The Hall–Kier alpha value is -2.14. The fourth-order valence-corrected chi connectivity index (χ4v) is 1.28. The number of amides is 1. The maximum absolute atomic E-state index is 11.7. The van der Waals surface area contributed by atoms with Crippen LogP contribution < -0.4 is 11.1 Å². The second kappa shape index (κ2) is 11.7. The Morgan fingerprint density at radius 1 is 1.33 bits per heavy atom. The molecule has 0 saturated carbocycles. The van der Waals surface area contributed by atoms with E-state index in [2.05, 4.69) is 25.7 Å². The lowest BCUT2D eigenvalue weighted by Crippen LogP contribution is -2.37. The van der Waals surface area contributed by atoms with E-state index in [1.807, 2.05) is 6.07 Å². The Bertz CT molecular complexity index is 432. The van der Waals surface area contributed by atoms with Gasteiger partial charge in [0.1, 0.15) is 19.2 Å². The van der Waals surface area contributed by atoms with Crippen LogP contribution in [0.2, 0.25) is 0 Å². The molecule has 0 fully saturated rings. The van der Waals surface area contributed by atoms with Crippen molar-refractivity contribution in [2.75, 3.05) is 13.2 Å². The van der Waals surface area contributed by atoms with Crippen LogP contribution in [0.3, 0.4) is 0 Å². The summed E-state index contributed by atoms with van der Waals surface area (Å²) in [5.74, 6) is -0.944. The van der Waals surface area contributed by atoms with Gasteiger partial charge in [0.25, 0.3) is 0 Å². The molecule has 0 bridgehead atoms. The summed E-state index contributed by atoms with van der Waals surface area (Å²) in [6.45, 7) is 7.58. The molecule has 1 unspecified atom stereocenters. The minimum Gasteiger partial charge on any atom is -0.460 e. The average molecular weight is 292 g/mol. The first kappa shape index (κ1) is 18.9. The molecule has 5 heteroatoms. The van der Waals surface area contributed by atoms with Crippen molar-refractivity contribution in [1.29, 1.82) is 0 Å². The summed E-state index contributed by atoms with van der Waals surface area (Å²) in [5, 5.41) is 2.42. The van der Waals surface area contributed by atoms with Crippen molar-refractivity contribution < 1.29 is 14.3 Å². The summed E-state index contributed by atoms with van der Waals surface area (Å²) in [6.07, 6.45) is 2.70. The molecule has 0 aromatic heterocycles. The Balaban J connectivity index is 0.00000122. The first-order chi connectivity index (χ1) is 10.1. The van der Waals surface area contributed by atoms with E-state index in [0.717, 1.165) is 0 Å². The Labute approximate surface area is 126 Å². The second-order valence-corrected chi connectivity index (χ2v) is 4.28. The van der Waals surface area contributed by atoms with Crippen molar-refractivity contribution in [3.05, 3.63) is 48.6 Å². The number of ether oxygens (including phenoxy) is 1. The topological polar surface area (TPSA) is 81.4 Å². The summed E-state index contributed by atoms with van der Waals surface area (Å²) in [6, 6.07) is 8.13. The third-order valence-electron chi connectivity index (χ3n) is 2.21. The number of rotatable bonds is 6. The predicted octanol–water partition coefficient (Wildman–Crippen LogP) is 1.95. The highest BCUT2D eigenvalue weighted by molar-refractivity contribution is 5.86. The summed E-state index contributed by atoms with van der Waals surface area (Å²) < 4.78 is 4.71. The van der Waals surface area contributed by atoms with Crippen molar-refractivity contribution in [3.8, 4) is 0 Å². The minimum absolute atomic E-state index is 0.124. The van der Waals surface area contributed by atoms with Gasteiger partial charge < -0.3 is 15.8 Å². The molecule has 0 radical (unpaired) electrons. The van der Waals surface area contributed by atoms with Gasteiger partial charge in [0.05, 0.1) is 0 Å². The molecule has 116 valence electrons. The highest BCUT2D eigenvalue weighted by Gasteiger charge is 2.16. The zero-order valence-corrected chi connectivity index (χ0v) is 12.7. The van der Waals surface area contributed by atoms with Crippen molar-refractivity contribution in [2.24, 2.45) is 5.73 Å². The maximum atomic E-state index is 11.7. The fourth-order valence-electron chi connectivity index (χ4n) is 1.28. The second-order valence-electron chi connectivity index (χ2n) is 4.28. The van der Waals surface area contributed by atoms with Gasteiger partial charge in [-0.2, -0.15) is 0 Å². The monoisotopic (exact) mass is 292 g/mol. The predicted molar refractivity (Wildman–Crippen MR) is 83.5 cm³/mol. The van der Waals surface area contributed by atoms with Crippen molar-refractivity contribution in [1.82, 2.24) is 5.32 Å². The molecule has 1 rings (SSSR count). The lowest BCUT2D eigenvalue weighted by atomic mass is 10.1. The van der Waals surface area contributed by atoms with Crippen LogP contribution in [-0.4, -0.2) is 25.0 Å². The van der Waals surface area contributed by atoms with Crippen LogP contribution in [0.5, 0.6) is 0 Å². The lowest BCUT2D eigenvalue weighted by Gasteiger charge is -2.11. The van der Waals surface area contributed by atoms with Gasteiger partial charge in [-0.3, -0.25) is 9.59 Å². The molecular formula is C16H24N2O3. The maximum Gasteiger partial charge on any atom is 0.325 e. The number of benzene rings is 1. The normalized spacial score (nSPS) is 10.6. The van der Waals surface area contributed by atoms with Crippen LogP contribution in [0.4, 0.5) is 0 Å². The van der Waals surface area contributed by atoms with E-state index >= 15 is 0 Å². The number of esters is 1. The van der Waals surface area contributed by atoms with E-state index < -0.39 is 17.9 Å². The molecule has 0 saturated heterocycles. The zero-order chi connectivity index (χ0) is 16.1. The van der Waals surface area contributed by atoms with Crippen molar-refractivity contribution in [3.63, 3.8) is 0 Å². The number of nitrogens with one attached hydrogen (secondary N) is 1. The van der Waals surface area contributed by atoms with E-state index in [1.54, 1.807) is 24.3 Å². The molecular weight excluding hydrogens is 268 g/mol. The van der Waals surface area contributed by atoms with E-state index in [4.69, 9.17) is 10.5 Å². The number of hydrogen-bond donors (Lipinski definition) is 2. The molecule has 0 spiro atoms. The largest absolute Gasteiger partial charge is 0.460 e. The van der Waals surface area contributed by atoms with Crippen LogP contribution in [0.25, 0.3) is 0 Å². The summed E-state index contributed by atoms with van der Waals surface area (Å²) in [4.78, 5) is 22.8. The molecule has 0 aliphatic carbocycles. The van der Waals surface area contributed by atoms with Gasteiger partial charge in [-0.25, -0.2) is 0 Å². The fraction of sp³-hybridized carbons (Fsp3) is 0.375. The molecule has 0 heterocycles. The Kier molecular flexibility index (Phi) is 10.5. The lowest BCUT2D eigenvalue weighted by molar-refractivity contribution is -0.142. The summed E-state index contributed by atoms with van der Waals surface area (Å²) in [7, 11) is 0. The van der Waals surface area contributed by atoms with E-state index in [1.165, 1.54) is 12.5 Å². The molecule has 1 aromatic rings.